The molecule has 2 aromatic carbocycles. The third-order valence-corrected chi connectivity index (χ3v) is 12.2. The normalized spacial score (nSPS) is 29.3. The van der Waals surface area contributed by atoms with Gasteiger partial charge in [0.25, 0.3) is 0 Å². The maximum absolute atomic E-state index is 14.1. The molecule has 0 aromatic heterocycles. The van der Waals surface area contributed by atoms with Crippen molar-refractivity contribution >= 4 is 29.8 Å². The number of nitrogens with zero attached hydrogens (tertiary/aromatic N) is 1. The molecule has 56 heavy (non-hydrogen) atoms. The number of carbonyl (C=O) groups excluding carboxylic acids is 5. The Morgan fingerprint density at radius 2 is 1.41 bits per heavy atom. The zero-order chi connectivity index (χ0) is 41.3. The summed E-state index contributed by atoms with van der Waals surface area (Å²) in [5.41, 5.74) is -1.66. The molecule has 2 saturated carbocycles. The van der Waals surface area contributed by atoms with Crippen molar-refractivity contribution in [3.05, 3.63) is 95.1 Å². The Hall–Kier alpha value is -4.81. The number of esters is 5. The van der Waals surface area contributed by atoms with Gasteiger partial charge in [-0.3, -0.25) is 19.2 Å². The van der Waals surface area contributed by atoms with Crippen LogP contribution in [0.1, 0.15) is 96.1 Å². The van der Waals surface area contributed by atoms with Crippen LogP contribution in [0.2, 0.25) is 0 Å². The predicted octanol–water partition coefficient (Wildman–Crippen LogP) is 6.08. The van der Waals surface area contributed by atoms with Gasteiger partial charge in [0.15, 0.2) is 12.2 Å². The second kappa shape index (κ2) is 16.3. The van der Waals surface area contributed by atoms with Crippen LogP contribution in [-0.2, 0) is 42.9 Å². The highest BCUT2D eigenvalue weighted by Gasteiger charge is 2.69. The summed E-state index contributed by atoms with van der Waals surface area (Å²) < 4.78 is 30.9. The average molecular weight is 774 g/mol. The highest BCUT2D eigenvalue weighted by atomic mass is 16.6. The van der Waals surface area contributed by atoms with E-state index in [9.17, 15) is 29.1 Å². The zero-order valence-corrected chi connectivity index (χ0v) is 33.8. The molecule has 0 spiro atoms. The molecule has 302 valence electrons. The second-order valence-corrected chi connectivity index (χ2v) is 16.4. The molecule has 5 rings (SSSR count). The molecule has 0 unspecified atom stereocenters. The lowest BCUT2D eigenvalue weighted by Gasteiger charge is -2.53. The minimum atomic E-state index is -1.57. The van der Waals surface area contributed by atoms with Crippen LogP contribution >= 0.6 is 0 Å². The number of fused-ring (bicyclic) bond motifs is 2. The summed E-state index contributed by atoms with van der Waals surface area (Å²) in [7, 11) is 3.75. The number of rotatable bonds is 11. The van der Waals surface area contributed by atoms with E-state index in [0.29, 0.717) is 16.7 Å². The molecular formula is C44H55NO11. The van der Waals surface area contributed by atoms with Crippen LogP contribution in [-0.4, -0.2) is 90.1 Å². The van der Waals surface area contributed by atoms with Crippen molar-refractivity contribution in [1.82, 2.24) is 4.90 Å². The average Bonchev–Trinajstić information content (AvgIpc) is 3.35. The molecule has 9 atom stereocenters. The Morgan fingerprint density at radius 1 is 0.839 bits per heavy atom. The zero-order valence-electron chi connectivity index (χ0n) is 33.8. The van der Waals surface area contributed by atoms with Gasteiger partial charge in [-0.15, -0.1) is 0 Å². The smallest absolute Gasteiger partial charge is 0.338 e. The monoisotopic (exact) mass is 773 g/mol. The molecule has 12 heteroatoms. The van der Waals surface area contributed by atoms with Gasteiger partial charge >= 0.3 is 29.8 Å². The van der Waals surface area contributed by atoms with Crippen molar-refractivity contribution in [3.8, 4) is 0 Å². The van der Waals surface area contributed by atoms with Crippen molar-refractivity contribution in [2.45, 2.75) is 116 Å². The summed E-state index contributed by atoms with van der Waals surface area (Å²) in [5.74, 6) is -3.89. The number of hydrogen-bond donors (Lipinski definition) is 1. The highest BCUT2D eigenvalue weighted by molar-refractivity contribution is 5.89. The largest absolute Gasteiger partial charge is 0.462 e. The van der Waals surface area contributed by atoms with E-state index >= 15 is 0 Å². The molecule has 0 saturated heterocycles. The summed E-state index contributed by atoms with van der Waals surface area (Å²) in [6.07, 6.45) is -5.36. The van der Waals surface area contributed by atoms with Gasteiger partial charge < -0.3 is 33.7 Å². The van der Waals surface area contributed by atoms with Crippen LogP contribution in [0.15, 0.2) is 84.0 Å². The SMILES string of the molecule is C=C1[C@@H](OC(=O)C[C@H](c2ccccc2)N(C)C)C[C@H](OC(C)=O)[C@@]2(C)[C@@H]1C[C@]1(C(C)(C)O)C[C@H](OC(C)=O)C(C)=C1[C@@H](OC(=O)c1ccccc1)[C@@H]2OC(C)=O. The molecular weight excluding hydrogens is 718 g/mol. The Bertz CT molecular complexity index is 1870. The predicted molar refractivity (Wildman–Crippen MR) is 206 cm³/mol. The first-order valence-electron chi connectivity index (χ1n) is 19.0. The van der Waals surface area contributed by atoms with Crippen molar-refractivity contribution in [2.24, 2.45) is 16.7 Å². The molecule has 3 aliphatic rings. The van der Waals surface area contributed by atoms with E-state index in [0.717, 1.165) is 5.56 Å². The molecule has 1 N–H and O–H groups in total. The number of benzene rings is 2. The summed E-state index contributed by atoms with van der Waals surface area (Å²) in [5, 5.41) is 12.3. The van der Waals surface area contributed by atoms with Gasteiger partial charge in [0, 0.05) is 45.1 Å². The minimum Gasteiger partial charge on any atom is -0.462 e. The minimum absolute atomic E-state index is 0.0122. The Labute approximate surface area is 329 Å². The molecule has 0 radical (unpaired) electrons. The lowest BCUT2D eigenvalue weighted by molar-refractivity contribution is -0.198. The van der Waals surface area contributed by atoms with Crippen molar-refractivity contribution < 1.29 is 52.8 Å². The van der Waals surface area contributed by atoms with Gasteiger partial charge in [-0.1, -0.05) is 62.0 Å². The highest BCUT2D eigenvalue weighted by Crippen LogP contribution is 2.65. The van der Waals surface area contributed by atoms with Gasteiger partial charge in [0.1, 0.15) is 18.3 Å². The molecule has 0 aliphatic heterocycles. The first-order valence-corrected chi connectivity index (χ1v) is 19.0. The van der Waals surface area contributed by atoms with Gasteiger partial charge in [-0.2, -0.15) is 0 Å². The van der Waals surface area contributed by atoms with E-state index < -0.39 is 82.7 Å². The van der Waals surface area contributed by atoms with Crippen LogP contribution in [0.4, 0.5) is 0 Å². The Morgan fingerprint density at radius 3 is 1.95 bits per heavy atom. The first kappa shape index (κ1) is 42.3. The summed E-state index contributed by atoms with van der Waals surface area (Å²) in [6.45, 7) is 15.1. The fourth-order valence-electron chi connectivity index (χ4n) is 9.37. The summed E-state index contributed by atoms with van der Waals surface area (Å²) in [6, 6.07) is 17.6. The maximum atomic E-state index is 14.1. The van der Waals surface area contributed by atoms with Crippen molar-refractivity contribution in [3.63, 3.8) is 0 Å². The number of aliphatic hydroxyl groups is 1. The standard InChI is InChI=1S/C44H55NO11/c1-25-32-23-44(42(6,7)51)24-35(52-27(3)46)26(2)38(44)39(56-41(50)31-19-15-12-16-20-31)40(54-29(5)48)43(32,8)36(53-28(4)47)22-34(25)55-37(49)21-33(45(9)10)30-17-13-11-14-18-30/h11-20,32-36,39-40,51H,1,21-24H2,2-10H3/t32-,33-,34+,35+,36+,39-,40+,43-,44+/m1/s1. The number of hydrogen-bond acceptors (Lipinski definition) is 12. The van der Waals surface area contributed by atoms with Gasteiger partial charge in [-0.25, -0.2) is 4.79 Å². The Kier molecular flexibility index (Phi) is 12.4. The molecule has 0 heterocycles. The number of ether oxygens (including phenoxy) is 5. The van der Waals surface area contributed by atoms with Gasteiger partial charge in [0.05, 0.1) is 23.0 Å². The van der Waals surface area contributed by atoms with Crippen molar-refractivity contribution in [2.75, 3.05) is 14.1 Å². The van der Waals surface area contributed by atoms with E-state index in [1.54, 1.807) is 58.0 Å². The summed E-state index contributed by atoms with van der Waals surface area (Å²) in [4.78, 5) is 68.5. The van der Waals surface area contributed by atoms with Crippen LogP contribution in [0, 0.1) is 16.7 Å². The third-order valence-electron chi connectivity index (χ3n) is 12.2. The van der Waals surface area contributed by atoms with E-state index in [-0.39, 0.29) is 37.3 Å². The molecule has 0 bridgehead atoms. The second-order valence-electron chi connectivity index (χ2n) is 16.4. The number of carbonyl (C=O) groups is 5. The maximum Gasteiger partial charge on any atom is 0.338 e. The molecule has 3 aliphatic carbocycles. The summed E-state index contributed by atoms with van der Waals surface area (Å²) >= 11 is 0. The quantitative estimate of drug-likeness (QED) is 0.160. The van der Waals surface area contributed by atoms with Crippen molar-refractivity contribution in [1.29, 1.82) is 0 Å². The fourth-order valence-corrected chi connectivity index (χ4v) is 9.37. The Balaban J connectivity index is 1.70. The molecule has 2 aromatic rings. The van der Waals surface area contributed by atoms with Crippen LogP contribution in [0.5, 0.6) is 0 Å². The molecule has 0 amide bonds. The van der Waals surface area contributed by atoms with E-state index in [1.165, 1.54) is 20.8 Å². The van der Waals surface area contributed by atoms with E-state index in [1.807, 2.05) is 49.3 Å². The fraction of sp³-hybridized carbons (Fsp3) is 0.523. The van der Waals surface area contributed by atoms with Crippen LogP contribution in [0.25, 0.3) is 0 Å². The topological polar surface area (TPSA) is 155 Å². The lowest BCUT2D eigenvalue weighted by atomic mass is 9.56. The van der Waals surface area contributed by atoms with Crippen LogP contribution < -0.4 is 0 Å². The van der Waals surface area contributed by atoms with E-state index in [4.69, 9.17) is 23.7 Å². The lowest BCUT2D eigenvalue weighted by Crippen LogP contribution is -2.60. The van der Waals surface area contributed by atoms with Gasteiger partial charge in [0.2, 0.25) is 0 Å². The van der Waals surface area contributed by atoms with E-state index in [2.05, 4.69) is 6.58 Å². The van der Waals surface area contributed by atoms with Crippen LogP contribution in [0.3, 0.4) is 0 Å². The third kappa shape index (κ3) is 8.18. The first-order chi connectivity index (χ1) is 26.2. The molecule has 2 fully saturated rings. The van der Waals surface area contributed by atoms with Gasteiger partial charge in [-0.05, 0) is 81.6 Å². The molecule has 12 nitrogen and oxygen atoms in total.